The van der Waals surface area contributed by atoms with Gasteiger partial charge < -0.3 is 10.1 Å². The molecule has 7 nitrogen and oxygen atoms in total. The Morgan fingerprint density at radius 3 is 2.63 bits per heavy atom. The Morgan fingerprint density at radius 2 is 1.94 bits per heavy atom. The normalized spacial score (nSPS) is 16.8. The predicted octanol–water partition coefficient (Wildman–Crippen LogP) is 4.62. The van der Waals surface area contributed by atoms with Crippen LogP contribution in [0.15, 0.2) is 36.8 Å². The molecule has 0 aliphatic carbocycles. The van der Waals surface area contributed by atoms with Crippen molar-refractivity contribution in [3.05, 3.63) is 53.5 Å². The van der Waals surface area contributed by atoms with Gasteiger partial charge in [-0.2, -0.15) is 5.10 Å². The van der Waals surface area contributed by atoms with Gasteiger partial charge in [0.15, 0.2) is 5.65 Å². The number of hydrogen-bond acceptors (Lipinski definition) is 5. The first-order valence-corrected chi connectivity index (χ1v) is 12.9. The summed E-state index contributed by atoms with van der Waals surface area (Å²) in [6.07, 6.45) is 6.50. The maximum absolute atomic E-state index is 10.2. The molecule has 0 saturated carbocycles. The van der Waals surface area contributed by atoms with E-state index >= 15 is 0 Å². The molecule has 2 N–H and O–H groups in total. The molecule has 186 valence electrons. The summed E-state index contributed by atoms with van der Waals surface area (Å²) in [6, 6.07) is 9.25. The van der Waals surface area contributed by atoms with Crippen LogP contribution in [-0.2, 0) is 6.42 Å². The van der Waals surface area contributed by atoms with Crippen LogP contribution in [0.1, 0.15) is 62.1 Å². The number of H-pyrrole nitrogens is 1. The average Bonchev–Trinajstić information content (AvgIpc) is 3.48. The average molecular weight is 475 g/mol. The SMILES string of the molecule is CCc1cc(-c2[nH]c3ccc(C4CCN(CC(O)N(C)C)CC4)cc3c2C(C)C)cn2ncnc12. The van der Waals surface area contributed by atoms with Crippen LogP contribution in [0.25, 0.3) is 27.8 Å². The molecule has 5 rings (SSSR count). The third kappa shape index (κ3) is 4.60. The zero-order valence-corrected chi connectivity index (χ0v) is 21.6. The van der Waals surface area contributed by atoms with Gasteiger partial charge in [0, 0.05) is 29.2 Å². The largest absolute Gasteiger partial charge is 0.377 e. The van der Waals surface area contributed by atoms with Crippen LogP contribution in [0, 0.1) is 0 Å². The lowest BCUT2D eigenvalue weighted by molar-refractivity contribution is 0.00319. The van der Waals surface area contributed by atoms with Crippen LogP contribution in [0.3, 0.4) is 0 Å². The minimum atomic E-state index is -0.403. The molecular weight excluding hydrogens is 436 g/mol. The first-order chi connectivity index (χ1) is 16.9. The first kappa shape index (κ1) is 24.0. The highest BCUT2D eigenvalue weighted by molar-refractivity contribution is 5.92. The number of aliphatic hydroxyl groups is 1. The first-order valence-electron chi connectivity index (χ1n) is 12.9. The van der Waals surface area contributed by atoms with Crippen molar-refractivity contribution >= 4 is 16.6 Å². The molecule has 0 bridgehead atoms. The van der Waals surface area contributed by atoms with Crippen molar-refractivity contribution in [3.8, 4) is 11.3 Å². The van der Waals surface area contributed by atoms with Crippen molar-refractivity contribution in [2.75, 3.05) is 33.7 Å². The topological polar surface area (TPSA) is 72.7 Å². The smallest absolute Gasteiger partial charge is 0.158 e. The number of benzene rings is 1. The Morgan fingerprint density at radius 1 is 1.17 bits per heavy atom. The highest BCUT2D eigenvalue weighted by Gasteiger charge is 2.24. The summed E-state index contributed by atoms with van der Waals surface area (Å²) in [7, 11) is 3.86. The molecule has 1 aliphatic rings. The van der Waals surface area contributed by atoms with E-state index < -0.39 is 6.23 Å². The second kappa shape index (κ2) is 9.72. The van der Waals surface area contributed by atoms with E-state index in [9.17, 15) is 5.11 Å². The molecule has 3 aromatic heterocycles. The minimum absolute atomic E-state index is 0.389. The van der Waals surface area contributed by atoms with Crippen molar-refractivity contribution in [3.63, 3.8) is 0 Å². The zero-order valence-electron chi connectivity index (χ0n) is 21.6. The zero-order chi connectivity index (χ0) is 24.7. The molecular formula is C28H38N6O. The lowest BCUT2D eigenvalue weighted by Gasteiger charge is -2.34. The number of aromatic amines is 1. The fraction of sp³-hybridized carbons (Fsp3) is 0.500. The molecule has 1 unspecified atom stereocenters. The number of β-amino-alcohol motifs (C(OH)–C–C–N with tert-alkyl or cyclic N) is 1. The molecule has 35 heavy (non-hydrogen) atoms. The number of nitrogens with one attached hydrogen (secondary N) is 1. The van der Waals surface area contributed by atoms with Gasteiger partial charge in [-0.1, -0.05) is 26.8 Å². The molecule has 1 saturated heterocycles. The number of pyridine rings is 1. The van der Waals surface area contributed by atoms with Crippen LogP contribution >= 0.6 is 0 Å². The van der Waals surface area contributed by atoms with Gasteiger partial charge in [0.05, 0.1) is 5.69 Å². The second-order valence-corrected chi connectivity index (χ2v) is 10.5. The number of rotatable bonds is 7. The Kier molecular flexibility index (Phi) is 6.66. The Labute approximate surface area is 207 Å². The second-order valence-electron chi connectivity index (χ2n) is 10.5. The monoisotopic (exact) mass is 474 g/mol. The highest BCUT2D eigenvalue weighted by atomic mass is 16.3. The summed E-state index contributed by atoms with van der Waals surface area (Å²) in [5.41, 5.74) is 8.48. The number of likely N-dealkylation sites (tertiary alicyclic amines) is 1. The van der Waals surface area contributed by atoms with Crippen molar-refractivity contribution in [1.29, 1.82) is 0 Å². The van der Waals surface area contributed by atoms with Crippen molar-refractivity contribution in [2.24, 2.45) is 0 Å². The van der Waals surface area contributed by atoms with Gasteiger partial charge in [-0.25, -0.2) is 9.50 Å². The number of piperidine rings is 1. The van der Waals surface area contributed by atoms with Crippen LogP contribution in [0.4, 0.5) is 0 Å². The number of aromatic nitrogens is 4. The van der Waals surface area contributed by atoms with Gasteiger partial charge in [-0.3, -0.25) is 9.80 Å². The fourth-order valence-corrected chi connectivity index (χ4v) is 5.55. The summed E-state index contributed by atoms with van der Waals surface area (Å²) in [6.45, 7) is 9.50. The maximum Gasteiger partial charge on any atom is 0.158 e. The Bertz CT molecular complexity index is 1310. The van der Waals surface area contributed by atoms with Gasteiger partial charge in [-0.15, -0.1) is 0 Å². The van der Waals surface area contributed by atoms with Crippen LogP contribution in [0.2, 0.25) is 0 Å². The number of aliphatic hydroxyl groups excluding tert-OH is 1. The summed E-state index contributed by atoms with van der Waals surface area (Å²) in [5, 5.41) is 16.0. The van der Waals surface area contributed by atoms with E-state index in [1.165, 1.54) is 33.3 Å². The van der Waals surface area contributed by atoms with Crippen LogP contribution in [0.5, 0.6) is 0 Å². The standard InChI is InChI=1S/C28H38N6O/c1-6-19-13-22(15-34-28(19)29-17-30-34)27-26(18(2)3)23-14-21(7-8-24(23)31-27)20-9-11-33(12-10-20)16-25(35)32(4)5/h7-8,13-15,17-18,20,25,31,35H,6,9-12,16H2,1-5H3. The minimum Gasteiger partial charge on any atom is -0.377 e. The molecule has 1 atom stereocenters. The van der Waals surface area contributed by atoms with E-state index in [2.05, 4.69) is 71.2 Å². The van der Waals surface area contributed by atoms with E-state index in [-0.39, 0.29) is 0 Å². The third-order valence-electron chi connectivity index (χ3n) is 7.64. The van der Waals surface area contributed by atoms with Crippen LogP contribution in [-0.4, -0.2) is 74.4 Å². The van der Waals surface area contributed by atoms with E-state index in [1.807, 2.05) is 23.5 Å². The van der Waals surface area contributed by atoms with Gasteiger partial charge in [-0.05, 0) is 93.2 Å². The van der Waals surface area contributed by atoms with Gasteiger partial charge >= 0.3 is 0 Å². The van der Waals surface area contributed by atoms with Gasteiger partial charge in [0.2, 0.25) is 0 Å². The van der Waals surface area contributed by atoms with Crippen LogP contribution < -0.4 is 0 Å². The Hall–Kier alpha value is -2.74. The lowest BCUT2D eigenvalue weighted by Crippen LogP contribution is -2.43. The molecule has 4 aromatic rings. The number of hydrogen-bond donors (Lipinski definition) is 2. The molecule has 1 aliphatic heterocycles. The summed E-state index contributed by atoms with van der Waals surface area (Å²) < 4.78 is 1.90. The molecule has 0 spiro atoms. The fourth-order valence-electron chi connectivity index (χ4n) is 5.55. The molecule has 7 heteroatoms. The number of likely N-dealkylation sites (N-methyl/N-ethyl adjacent to an activating group) is 1. The maximum atomic E-state index is 10.2. The predicted molar refractivity (Wildman–Crippen MR) is 142 cm³/mol. The number of nitrogens with zero attached hydrogens (tertiary/aromatic N) is 5. The highest BCUT2D eigenvalue weighted by Crippen LogP contribution is 2.38. The summed E-state index contributed by atoms with van der Waals surface area (Å²) >= 11 is 0. The molecule has 0 radical (unpaired) electrons. The van der Waals surface area contributed by atoms with Crippen molar-refractivity contribution < 1.29 is 5.11 Å². The van der Waals surface area contributed by atoms with E-state index in [4.69, 9.17) is 0 Å². The summed E-state index contributed by atoms with van der Waals surface area (Å²) in [5.74, 6) is 0.948. The molecule has 4 heterocycles. The number of fused-ring (bicyclic) bond motifs is 2. The number of aryl methyl sites for hydroxylation is 1. The van der Waals surface area contributed by atoms with E-state index in [0.717, 1.165) is 43.6 Å². The van der Waals surface area contributed by atoms with E-state index in [1.54, 1.807) is 6.33 Å². The lowest BCUT2D eigenvalue weighted by atomic mass is 9.87. The summed E-state index contributed by atoms with van der Waals surface area (Å²) in [4.78, 5) is 12.4. The molecule has 0 amide bonds. The Balaban J connectivity index is 1.46. The van der Waals surface area contributed by atoms with Crippen molar-refractivity contribution in [2.45, 2.75) is 58.1 Å². The molecule has 1 fully saturated rings. The van der Waals surface area contributed by atoms with Crippen molar-refractivity contribution in [1.82, 2.24) is 29.4 Å². The van der Waals surface area contributed by atoms with E-state index in [0.29, 0.717) is 18.4 Å². The third-order valence-corrected chi connectivity index (χ3v) is 7.64. The van der Waals surface area contributed by atoms with Gasteiger partial charge in [0.1, 0.15) is 12.6 Å². The van der Waals surface area contributed by atoms with Gasteiger partial charge in [0.25, 0.3) is 0 Å². The molecule has 1 aromatic carbocycles. The quantitative estimate of drug-likeness (QED) is 0.382.